The van der Waals surface area contributed by atoms with E-state index in [0.29, 0.717) is 10.7 Å². The molecule has 0 spiro atoms. The Hall–Kier alpha value is -0.830. The molecule has 1 amide bonds. The highest BCUT2D eigenvalue weighted by Crippen LogP contribution is 2.24. The Morgan fingerprint density at radius 3 is 2.67 bits per heavy atom. The van der Waals surface area contributed by atoms with Crippen LogP contribution in [-0.4, -0.2) is 28.7 Å². The molecule has 0 aromatic heterocycles. The number of piperidine rings is 1. The Morgan fingerprint density at radius 1 is 1.33 bits per heavy atom. The third kappa shape index (κ3) is 2.77. The van der Waals surface area contributed by atoms with Gasteiger partial charge in [-0.15, -0.1) is 0 Å². The summed E-state index contributed by atoms with van der Waals surface area (Å²) in [6, 6.07) is 5.97. The summed E-state index contributed by atoms with van der Waals surface area (Å²) in [7, 11) is 0. The molecule has 1 fully saturated rings. The fraction of sp³-hybridized carbons (Fsp3) is 0.533. The van der Waals surface area contributed by atoms with Crippen molar-refractivity contribution in [1.29, 1.82) is 0 Å². The van der Waals surface area contributed by atoms with Crippen LogP contribution in [0.3, 0.4) is 0 Å². The molecule has 2 atom stereocenters. The standard InChI is InChI=1S/C15H20BrNO/c1-10-4-5-13(8-11(10)2)15(18)17-7-6-14(16)12(3)9-17/h4-5,8,12,14H,6-7,9H2,1-3H3. The Labute approximate surface area is 117 Å². The summed E-state index contributed by atoms with van der Waals surface area (Å²) in [5.41, 5.74) is 3.24. The van der Waals surface area contributed by atoms with Crippen LogP contribution in [0.5, 0.6) is 0 Å². The molecular weight excluding hydrogens is 290 g/mol. The van der Waals surface area contributed by atoms with Gasteiger partial charge in [0.1, 0.15) is 0 Å². The van der Waals surface area contributed by atoms with E-state index in [1.165, 1.54) is 11.1 Å². The third-order valence-corrected chi connectivity index (χ3v) is 5.20. The van der Waals surface area contributed by atoms with Crippen LogP contribution in [0.2, 0.25) is 0 Å². The number of benzene rings is 1. The van der Waals surface area contributed by atoms with Crippen LogP contribution >= 0.6 is 15.9 Å². The summed E-state index contributed by atoms with van der Waals surface area (Å²) < 4.78 is 0. The number of hydrogen-bond acceptors (Lipinski definition) is 1. The number of amides is 1. The largest absolute Gasteiger partial charge is 0.338 e. The van der Waals surface area contributed by atoms with Gasteiger partial charge in [0.25, 0.3) is 5.91 Å². The highest BCUT2D eigenvalue weighted by atomic mass is 79.9. The molecule has 18 heavy (non-hydrogen) atoms. The molecule has 0 saturated carbocycles. The second kappa shape index (κ2) is 5.43. The second-order valence-electron chi connectivity index (χ2n) is 5.33. The maximum atomic E-state index is 12.4. The lowest BCUT2D eigenvalue weighted by atomic mass is 9.98. The van der Waals surface area contributed by atoms with Gasteiger partial charge in [0.15, 0.2) is 0 Å². The van der Waals surface area contributed by atoms with Crippen molar-refractivity contribution >= 4 is 21.8 Å². The van der Waals surface area contributed by atoms with Gasteiger partial charge in [-0.25, -0.2) is 0 Å². The maximum Gasteiger partial charge on any atom is 0.253 e. The Bertz CT molecular complexity index is 458. The summed E-state index contributed by atoms with van der Waals surface area (Å²) in [6.45, 7) is 8.02. The predicted molar refractivity (Wildman–Crippen MR) is 78.3 cm³/mol. The van der Waals surface area contributed by atoms with Crippen molar-refractivity contribution in [3.8, 4) is 0 Å². The Kier molecular flexibility index (Phi) is 4.10. The van der Waals surface area contributed by atoms with Gasteiger partial charge >= 0.3 is 0 Å². The number of hydrogen-bond donors (Lipinski definition) is 0. The Balaban J connectivity index is 2.14. The van der Waals surface area contributed by atoms with E-state index in [2.05, 4.69) is 36.7 Å². The zero-order chi connectivity index (χ0) is 13.3. The van der Waals surface area contributed by atoms with Gasteiger partial charge in [-0.1, -0.05) is 28.9 Å². The minimum absolute atomic E-state index is 0.171. The first kappa shape index (κ1) is 13.6. The molecule has 3 heteroatoms. The van der Waals surface area contributed by atoms with E-state index in [1.807, 2.05) is 23.1 Å². The first-order chi connectivity index (χ1) is 8.49. The number of aryl methyl sites for hydroxylation is 2. The molecule has 1 aliphatic heterocycles. The van der Waals surface area contributed by atoms with Gasteiger partial charge < -0.3 is 4.90 Å². The van der Waals surface area contributed by atoms with Gasteiger partial charge in [0.2, 0.25) is 0 Å². The van der Waals surface area contributed by atoms with Crippen molar-refractivity contribution in [3.63, 3.8) is 0 Å². The van der Waals surface area contributed by atoms with Crippen LogP contribution in [0.1, 0.15) is 34.8 Å². The summed E-state index contributed by atoms with van der Waals surface area (Å²) in [6.07, 6.45) is 1.04. The van der Waals surface area contributed by atoms with Crippen LogP contribution in [0.25, 0.3) is 0 Å². The molecule has 0 radical (unpaired) electrons. The van der Waals surface area contributed by atoms with Gasteiger partial charge in [-0.3, -0.25) is 4.79 Å². The highest BCUT2D eigenvalue weighted by Gasteiger charge is 2.27. The van der Waals surface area contributed by atoms with Crippen molar-refractivity contribution in [2.45, 2.75) is 32.0 Å². The molecule has 1 aromatic carbocycles. The van der Waals surface area contributed by atoms with E-state index >= 15 is 0 Å². The fourth-order valence-corrected chi connectivity index (χ4v) is 2.73. The zero-order valence-electron chi connectivity index (χ0n) is 11.2. The molecule has 2 unspecified atom stereocenters. The number of alkyl halides is 1. The van der Waals surface area contributed by atoms with Crippen molar-refractivity contribution in [3.05, 3.63) is 34.9 Å². The summed E-state index contributed by atoms with van der Waals surface area (Å²) in [5, 5.41) is 0. The molecule has 2 nitrogen and oxygen atoms in total. The van der Waals surface area contributed by atoms with E-state index in [0.717, 1.165) is 25.1 Å². The average Bonchev–Trinajstić information content (AvgIpc) is 2.35. The quantitative estimate of drug-likeness (QED) is 0.727. The van der Waals surface area contributed by atoms with Crippen molar-refractivity contribution < 1.29 is 4.79 Å². The predicted octanol–water partition coefficient (Wildman–Crippen LogP) is 3.55. The van der Waals surface area contributed by atoms with E-state index in [-0.39, 0.29) is 5.91 Å². The Morgan fingerprint density at radius 2 is 2.06 bits per heavy atom. The summed E-state index contributed by atoms with van der Waals surface area (Å²) in [4.78, 5) is 14.9. The van der Waals surface area contributed by atoms with Gasteiger partial charge in [-0.2, -0.15) is 0 Å². The lowest BCUT2D eigenvalue weighted by Gasteiger charge is -2.34. The van der Waals surface area contributed by atoms with Crippen molar-refractivity contribution in [2.24, 2.45) is 5.92 Å². The van der Waals surface area contributed by atoms with Gasteiger partial charge in [0, 0.05) is 23.5 Å². The first-order valence-electron chi connectivity index (χ1n) is 6.49. The average molecular weight is 310 g/mol. The molecule has 2 rings (SSSR count). The molecular formula is C15H20BrNO. The maximum absolute atomic E-state index is 12.4. The number of carbonyl (C=O) groups excluding carboxylic acids is 1. The molecule has 1 heterocycles. The first-order valence-corrected chi connectivity index (χ1v) is 7.41. The molecule has 98 valence electrons. The lowest BCUT2D eigenvalue weighted by Crippen LogP contribution is -2.43. The van der Waals surface area contributed by atoms with E-state index in [9.17, 15) is 4.79 Å². The van der Waals surface area contributed by atoms with Crippen molar-refractivity contribution in [2.75, 3.05) is 13.1 Å². The third-order valence-electron chi connectivity index (χ3n) is 3.84. The number of rotatable bonds is 1. The van der Waals surface area contributed by atoms with E-state index < -0.39 is 0 Å². The van der Waals surface area contributed by atoms with Crippen LogP contribution in [0, 0.1) is 19.8 Å². The summed E-state index contributed by atoms with van der Waals surface area (Å²) >= 11 is 3.67. The topological polar surface area (TPSA) is 20.3 Å². The van der Waals surface area contributed by atoms with Gasteiger partial charge in [0.05, 0.1) is 0 Å². The van der Waals surface area contributed by atoms with Crippen molar-refractivity contribution in [1.82, 2.24) is 4.90 Å². The fourth-order valence-electron chi connectivity index (χ4n) is 2.36. The molecule has 1 aromatic rings. The molecule has 0 bridgehead atoms. The van der Waals surface area contributed by atoms with E-state index in [4.69, 9.17) is 0 Å². The highest BCUT2D eigenvalue weighted by molar-refractivity contribution is 9.09. The molecule has 0 aliphatic carbocycles. The molecule has 1 aliphatic rings. The van der Waals surface area contributed by atoms with Crippen LogP contribution < -0.4 is 0 Å². The van der Waals surface area contributed by atoms with Crippen LogP contribution in [0.15, 0.2) is 18.2 Å². The van der Waals surface area contributed by atoms with Gasteiger partial charge in [-0.05, 0) is 49.4 Å². The second-order valence-corrected chi connectivity index (χ2v) is 6.51. The number of carbonyl (C=O) groups is 1. The van der Waals surface area contributed by atoms with Crippen LogP contribution in [-0.2, 0) is 0 Å². The number of likely N-dealkylation sites (tertiary alicyclic amines) is 1. The monoisotopic (exact) mass is 309 g/mol. The van der Waals surface area contributed by atoms with Crippen LogP contribution in [0.4, 0.5) is 0 Å². The minimum Gasteiger partial charge on any atom is -0.338 e. The lowest BCUT2D eigenvalue weighted by molar-refractivity contribution is 0.0690. The van der Waals surface area contributed by atoms with E-state index in [1.54, 1.807) is 0 Å². The SMILES string of the molecule is Cc1ccc(C(=O)N2CCC(Br)C(C)C2)cc1C. The zero-order valence-corrected chi connectivity index (χ0v) is 12.8. The molecule has 0 N–H and O–H groups in total. The smallest absolute Gasteiger partial charge is 0.253 e. The number of halogens is 1. The summed E-state index contributed by atoms with van der Waals surface area (Å²) in [5.74, 6) is 0.693. The molecule has 1 saturated heterocycles. The normalized spacial score (nSPS) is 24.1. The minimum atomic E-state index is 0.171. The number of nitrogens with zero attached hydrogens (tertiary/aromatic N) is 1.